The molecule has 1 aliphatic rings. The molecule has 0 spiro atoms. The zero-order valence-electron chi connectivity index (χ0n) is 25.4. The lowest BCUT2D eigenvalue weighted by atomic mass is 9.97. The predicted molar refractivity (Wildman–Crippen MR) is 167 cm³/mol. The molecule has 2 aromatic carbocycles. The quantitative estimate of drug-likeness (QED) is 0.137. The first-order valence-corrected chi connectivity index (χ1v) is 15.0. The molecule has 0 saturated carbocycles. The molecule has 1 aliphatic heterocycles. The van der Waals surface area contributed by atoms with Gasteiger partial charge in [-0.05, 0) is 54.5 Å². The van der Waals surface area contributed by atoms with Crippen LogP contribution in [-0.4, -0.2) is 82.1 Å². The Bertz CT molecular complexity index is 1490. The number of rotatable bonds is 16. The van der Waals surface area contributed by atoms with Gasteiger partial charge in [-0.1, -0.05) is 49.0 Å². The molecular formula is C32H40N6O8. The summed E-state index contributed by atoms with van der Waals surface area (Å²) in [6.45, 7) is 3.54. The fourth-order valence-corrected chi connectivity index (χ4v) is 5.35. The second-order valence-corrected chi connectivity index (χ2v) is 11.2. The van der Waals surface area contributed by atoms with Crippen LogP contribution in [-0.2, 0) is 40.0 Å². The van der Waals surface area contributed by atoms with Crippen molar-refractivity contribution in [3.63, 3.8) is 0 Å². The van der Waals surface area contributed by atoms with Crippen LogP contribution in [0.2, 0.25) is 0 Å². The highest BCUT2D eigenvalue weighted by atomic mass is 16.4. The van der Waals surface area contributed by atoms with Crippen molar-refractivity contribution in [3.05, 3.63) is 60.7 Å². The van der Waals surface area contributed by atoms with Crippen molar-refractivity contribution in [1.29, 1.82) is 0 Å². The number of carbonyl (C=O) groups is 7. The van der Waals surface area contributed by atoms with E-state index >= 15 is 0 Å². The van der Waals surface area contributed by atoms with Crippen LogP contribution in [0.25, 0.3) is 10.8 Å². The van der Waals surface area contributed by atoms with Crippen molar-refractivity contribution in [3.8, 4) is 0 Å². The molecule has 246 valence electrons. The normalized spacial score (nSPS) is 16.3. The Morgan fingerprint density at radius 1 is 0.891 bits per heavy atom. The number of hydrogen-bond donors (Lipinski definition) is 6. The number of likely N-dealkylation sites (tertiary alicyclic amines) is 1. The standard InChI is InChI=1S/C32H40N6O8/c1-2-27(40)35-23(13-15-28(41)42)32(46)38-16-6-5-9-25(38)31(45)37-24(30(44)36-22(29(34)43)12-14-26(33)39)18-19-10-11-20-7-3-4-8-21(20)17-19/h2-4,7-8,10-11,17,22-25H,1,5-6,9,12-16,18H2,(H2,33,39)(H2,34,43)(H,35,40)(H,36,44)(H,37,45)(H,41,42)/t22-,23+,24-,25-/m0/s1. The second-order valence-electron chi connectivity index (χ2n) is 11.2. The monoisotopic (exact) mass is 636 g/mol. The van der Waals surface area contributed by atoms with Crippen LogP contribution in [0.1, 0.15) is 50.5 Å². The zero-order chi connectivity index (χ0) is 33.8. The smallest absolute Gasteiger partial charge is 0.303 e. The van der Waals surface area contributed by atoms with Crippen molar-refractivity contribution in [2.75, 3.05) is 6.54 Å². The van der Waals surface area contributed by atoms with Crippen LogP contribution in [0.5, 0.6) is 0 Å². The van der Waals surface area contributed by atoms with Gasteiger partial charge in [-0.25, -0.2) is 0 Å². The summed E-state index contributed by atoms with van der Waals surface area (Å²) in [6.07, 6.45) is 1.45. The maximum atomic E-state index is 13.8. The van der Waals surface area contributed by atoms with Gasteiger partial charge in [0.1, 0.15) is 24.2 Å². The molecular weight excluding hydrogens is 596 g/mol. The average Bonchev–Trinajstić information content (AvgIpc) is 3.03. The minimum Gasteiger partial charge on any atom is -0.481 e. The number of aliphatic carboxylic acids is 1. The van der Waals surface area contributed by atoms with E-state index in [4.69, 9.17) is 16.6 Å². The van der Waals surface area contributed by atoms with Crippen LogP contribution in [0, 0.1) is 0 Å². The summed E-state index contributed by atoms with van der Waals surface area (Å²) in [6, 6.07) is 8.44. The van der Waals surface area contributed by atoms with Crippen LogP contribution < -0.4 is 27.4 Å². The summed E-state index contributed by atoms with van der Waals surface area (Å²) >= 11 is 0. The van der Waals surface area contributed by atoms with Crippen LogP contribution in [0.15, 0.2) is 55.1 Å². The number of hydrogen-bond acceptors (Lipinski definition) is 7. The lowest BCUT2D eigenvalue weighted by molar-refractivity contribution is -0.146. The lowest BCUT2D eigenvalue weighted by Gasteiger charge is -2.37. The molecule has 4 atom stereocenters. The predicted octanol–water partition coefficient (Wildman–Crippen LogP) is 0.0194. The SMILES string of the molecule is C=CC(=O)N[C@H](CCC(=O)O)C(=O)N1CCCC[C@H]1C(=O)N[C@@H](Cc1ccc2ccccc2c1)C(=O)N[C@@H](CCC(N)=O)C(N)=O. The number of nitrogens with one attached hydrogen (secondary N) is 3. The van der Waals surface area contributed by atoms with Gasteiger partial charge < -0.3 is 37.4 Å². The van der Waals surface area contributed by atoms with Gasteiger partial charge in [0.2, 0.25) is 35.4 Å². The fourth-order valence-electron chi connectivity index (χ4n) is 5.35. The Labute approximate surface area is 265 Å². The third-order valence-electron chi connectivity index (χ3n) is 7.76. The molecule has 6 amide bonds. The van der Waals surface area contributed by atoms with Gasteiger partial charge in [-0.2, -0.15) is 0 Å². The van der Waals surface area contributed by atoms with Gasteiger partial charge in [-0.15, -0.1) is 0 Å². The largest absolute Gasteiger partial charge is 0.481 e. The molecule has 0 aromatic heterocycles. The average molecular weight is 637 g/mol. The van der Waals surface area contributed by atoms with E-state index in [0.717, 1.165) is 16.8 Å². The third-order valence-corrected chi connectivity index (χ3v) is 7.76. The van der Waals surface area contributed by atoms with E-state index in [1.165, 1.54) is 4.90 Å². The summed E-state index contributed by atoms with van der Waals surface area (Å²) in [5.74, 6) is -5.42. The summed E-state index contributed by atoms with van der Waals surface area (Å²) in [5, 5.41) is 18.7. The number of amides is 6. The van der Waals surface area contributed by atoms with Gasteiger partial charge in [0.25, 0.3) is 0 Å². The lowest BCUT2D eigenvalue weighted by Crippen LogP contribution is -2.60. The molecule has 8 N–H and O–H groups in total. The number of fused-ring (bicyclic) bond motifs is 1. The number of carbonyl (C=O) groups excluding carboxylic acids is 6. The van der Waals surface area contributed by atoms with E-state index in [1.807, 2.05) is 36.4 Å². The fraction of sp³-hybridized carbons (Fsp3) is 0.406. The Kier molecular flexibility index (Phi) is 12.8. The van der Waals surface area contributed by atoms with Crippen molar-refractivity contribution in [2.24, 2.45) is 11.5 Å². The highest BCUT2D eigenvalue weighted by Crippen LogP contribution is 2.21. The molecule has 0 unspecified atom stereocenters. The highest BCUT2D eigenvalue weighted by Gasteiger charge is 2.38. The number of carboxylic acids is 1. The van der Waals surface area contributed by atoms with Gasteiger partial charge in [-0.3, -0.25) is 33.6 Å². The molecule has 1 heterocycles. The summed E-state index contributed by atoms with van der Waals surface area (Å²) < 4.78 is 0. The Morgan fingerprint density at radius 2 is 1.59 bits per heavy atom. The van der Waals surface area contributed by atoms with Crippen molar-refractivity contribution in [1.82, 2.24) is 20.9 Å². The molecule has 14 nitrogen and oxygen atoms in total. The first-order chi connectivity index (χ1) is 21.9. The number of benzene rings is 2. The van der Waals surface area contributed by atoms with Crippen molar-refractivity contribution in [2.45, 2.75) is 75.5 Å². The molecule has 0 radical (unpaired) electrons. The van der Waals surface area contributed by atoms with E-state index in [9.17, 15) is 33.6 Å². The van der Waals surface area contributed by atoms with Gasteiger partial charge >= 0.3 is 5.97 Å². The maximum absolute atomic E-state index is 13.8. The Balaban J connectivity index is 1.88. The summed E-state index contributed by atoms with van der Waals surface area (Å²) in [5.41, 5.74) is 11.4. The molecule has 1 saturated heterocycles. The maximum Gasteiger partial charge on any atom is 0.303 e. The van der Waals surface area contributed by atoms with Gasteiger partial charge in [0, 0.05) is 25.8 Å². The van der Waals surface area contributed by atoms with Gasteiger partial charge in [0.15, 0.2) is 0 Å². The van der Waals surface area contributed by atoms with Crippen molar-refractivity contribution >= 4 is 52.2 Å². The van der Waals surface area contributed by atoms with E-state index < -0.39 is 72.0 Å². The minimum absolute atomic E-state index is 0.0149. The minimum atomic E-state index is -1.23. The summed E-state index contributed by atoms with van der Waals surface area (Å²) in [4.78, 5) is 88.9. The third kappa shape index (κ3) is 10.1. The molecule has 3 rings (SSSR count). The number of nitrogens with two attached hydrogens (primary N) is 2. The van der Waals surface area contributed by atoms with Crippen LogP contribution in [0.4, 0.5) is 0 Å². The van der Waals surface area contributed by atoms with Gasteiger partial charge in [0.05, 0.1) is 0 Å². The number of carboxylic acid groups (broad SMARTS) is 1. The highest BCUT2D eigenvalue weighted by molar-refractivity contribution is 5.97. The molecule has 46 heavy (non-hydrogen) atoms. The Hall–Kier alpha value is -5.27. The van der Waals surface area contributed by atoms with Crippen LogP contribution in [0.3, 0.4) is 0 Å². The van der Waals surface area contributed by atoms with E-state index in [0.29, 0.717) is 18.4 Å². The number of nitrogens with zero attached hydrogens (tertiary/aromatic N) is 1. The molecule has 1 fully saturated rings. The van der Waals surface area contributed by atoms with Crippen LogP contribution >= 0.6 is 0 Å². The number of primary amides is 2. The zero-order valence-corrected chi connectivity index (χ0v) is 25.4. The first-order valence-electron chi connectivity index (χ1n) is 15.0. The van der Waals surface area contributed by atoms with Crippen molar-refractivity contribution < 1.29 is 38.7 Å². The number of piperidine rings is 1. The first kappa shape index (κ1) is 35.2. The topological polar surface area (TPSA) is 231 Å². The molecule has 0 aliphatic carbocycles. The van der Waals surface area contributed by atoms with E-state index in [2.05, 4.69) is 22.5 Å². The molecule has 14 heteroatoms. The summed E-state index contributed by atoms with van der Waals surface area (Å²) in [7, 11) is 0. The molecule has 0 bridgehead atoms. The molecule has 2 aromatic rings. The Morgan fingerprint density at radius 3 is 2.24 bits per heavy atom. The van der Waals surface area contributed by atoms with E-state index in [-0.39, 0.29) is 38.6 Å². The second kappa shape index (κ2) is 16.7. The van der Waals surface area contributed by atoms with E-state index in [1.54, 1.807) is 6.07 Å².